The Balaban J connectivity index is 2.27. The molecular formula is C11H21NO2. The third kappa shape index (κ3) is 3.99. The van der Waals surface area contributed by atoms with Crippen molar-refractivity contribution in [2.24, 2.45) is 5.92 Å². The number of alkyl carbamates (subject to hydrolysis) is 1. The van der Waals surface area contributed by atoms with Crippen molar-refractivity contribution in [2.75, 3.05) is 0 Å². The van der Waals surface area contributed by atoms with Gasteiger partial charge in [-0.15, -0.1) is 0 Å². The van der Waals surface area contributed by atoms with Crippen LogP contribution < -0.4 is 5.32 Å². The van der Waals surface area contributed by atoms with Gasteiger partial charge in [0.05, 0.1) is 0 Å². The van der Waals surface area contributed by atoms with Crippen LogP contribution in [0.25, 0.3) is 0 Å². The van der Waals surface area contributed by atoms with Crippen molar-refractivity contribution in [2.45, 2.75) is 58.6 Å². The van der Waals surface area contributed by atoms with Gasteiger partial charge >= 0.3 is 6.09 Å². The molecule has 3 nitrogen and oxygen atoms in total. The molecule has 0 aliphatic heterocycles. The number of hydrogen-bond acceptors (Lipinski definition) is 2. The van der Waals surface area contributed by atoms with Gasteiger partial charge < -0.3 is 10.1 Å². The summed E-state index contributed by atoms with van der Waals surface area (Å²) in [7, 11) is 0. The van der Waals surface area contributed by atoms with Gasteiger partial charge in [0.1, 0.15) is 5.60 Å². The minimum atomic E-state index is -0.395. The van der Waals surface area contributed by atoms with Crippen LogP contribution >= 0.6 is 0 Å². The van der Waals surface area contributed by atoms with E-state index in [-0.39, 0.29) is 6.09 Å². The van der Waals surface area contributed by atoms with E-state index in [1.165, 1.54) is 6.42 Å². The smallest absolute Gasteiger partial charge is 0.407 e. The Hall–Kier alpha value is -0.730. The lowest BCUT2D eigenvalue weighted by atomic mass is 10.1. The van der Waals surface area contributed by atoms with E-state index in [2.05, 4.69) is 12.2 Å². The minimum absolute atomic E-state index is 0.281. The van der Waals surface area contributed by atoms with Crippen molar-refractivity contribution in [1.82, 2.24) is 5.32 Å². The Kier molecular flexibility index (Phi) is 3.40. The van der Waals surface area contributed by atoms with Gasteiger partial charge in [-0.2, -0.15) is 0 Å². The fourth-order valence-electron chi connectivity index (χ4n) is 1.81. The minimum Gasteiger partial charge on any atom is -0.444 e. The molecule has 0 aromatic heterocycles. The first-order valence-electron chi connectivity index (χ1n) is 5.36. The Morgan fingerprint density at radius 2 is 2.00 bits per heavy atom. The number of carbonyl (C=O) groups is 1. The molecule has 0 radical (unpaired) electrons. The molecule has 3 heteroatoms. The van der Waals surface area contributed by atoms with E-state index in [9.17, 15) is 4.79 Å². The summed E-state index contributed by atoms with van der Waals surface area (Å²) in [6, 6.07) is 0.319. The van der Waals surface area contributed by atoms with Gasteiger partial charge in [0.15, 0.2) is 0 Å². The third-order valence-electron chi connectivity index (χ3n) is 2.42. The molecule has 1 saturated carbocycles. The average Bonchev–Trinajstić information content (AvgIpc) is 2.30. The molecule has 1 amide bonds. The van der Waals surface area contributed by atoms with Crippen molar-refractivity contribution in [3.05, 3.63) is 0 Å². The second-order valence-corrected chi connectivity index (χ2v) is 5.26. The highest BCUT2D eigenvalue weighted by atomic mass is 16.6. The van der Waals surface area contributed by atoms with E-state index in [0.717, 1.165) is 18.8 Å². The standard InChI is InChI=1S/C11H21NO2/c1-8-5-6-9(7-8)12-10(13)14-11(2,3)4/h8-9H,5-7H2,1-4H3,(H,12,13)/t8-,9-/m0/s1. The van der Waals surface area contributed by atoms with Gasteiger partial charge in [-0.1, -0.05) is 6.92 Å². The molecule has 1 rings (SSSR count). The quantitative estimate of drug-likeness (QED) is 0.705. The first-order chi connectivity index (χ1) is 6.37. The molecule has 14 heavy (non-hydrogen) atoms. The molecule has 0 aromatic rings. The Bertz CT molecular complexity index is 208. The molecule has 0 unspecified atom stereocenters. The molecule has 0 bridgehead atoms. The van der Waals surface area contributed by atoms with Crippen LogP contribution in [-0.2, 0) is 4.74 Å². The molecule has 1 N–H and O–H groups in total. The van der Waals surface area contributed by atoms with Crippen molar-refractivity contribution >= 4 is 6.09 Å². The molecule has 0 heterocycles. The zero-order valence-electron chi connectivity index (χ0n) is 9.59. The molecule has 0 spiro atoms. The van der Waals surface area contributed by atoms with Gasteiger partial charge in [0.25, 0.3) is 0 Å². The van der Waals surface area contributed by atoms with E-state index in [1.54, 1.807) is 0 Å². The van der Waals surface area contributed by atoms with Gasteiger partial charge in [0.2, 0.25) is 0 Å². The summed E-state index contributed by atoms with van der Waals surface area (Å²) >= 11 is 0. The largest absolute Gasteiger partial charge is 0.444 e. The van der Waals surface area contributed by atoms with Gasteiger partial charge in [-0.25, -0.2) is 4.79 Å². The Morgan fingerprint density at radius 1 is 1.36 bits per heavy atom. The zero-order chi connectivity index (χ0) is 10.8. The van der Waals surface area contributed by atoms with Crippen LogP contribution in [0.2, 0.25) is 0 Å². The molecule has 2 atom stereocenters. The lowest BCUT2D eigenvalue weighted by molar-refractivity contribution is 0.0505. The van der Waals surface area contributed by atoms with E-state index in [0.29, 0.717) is 6.04 Å². The maximum Gasteiger partial charge on any atom is 0.407 e. The zero-order valence-corrected chi connectivity index (χ0v) is 9.59. The first-order valence-corrected chi connectivity index (χ1v) is 5.36. The van der Waals surface area contributed by atoms with Crippen LogP contribution in [0, 0.1) is 5.92 Å². The van der Waals surface area contributed by atoms with Crippen molar-refractivity contribution < 1.29 is 9.53 Å². The number of ether oxygens (including phenoxy) is 1. The van der Waals surface area contributed by atoms with Crippen LogP contribution in [0.5, 0.6) is 0 Å². The van der Waals surface area contributed by atoms with Crippen LogP contribution in [0.15, 0.2) is 0 Å². The lowest BCUT2D eigenvalue weighted by Gasteiger charge is -2.21. The van der Waals surface area contributed by atoms with E-state index in [1.807, 2.05) is 20.8 Å². The van der Waals surface area contributed by atoms with Gasteiger partial charge in [-0.3, -0.25) is 0 Å². The van der Waals surface area contributed by atoms with Gasteiger partial charge in [0, 0.05) is 6.04 Å². The summed E-state index contributed by atoms with van der Waals surface area (Å²) in [6.07, 6.45) is 3.09. The number of carbonyl (C=O) groups excluding carboxylic acids is 1. The number of nitrogens with one attached hydrogen (secondary N) is 1. The highest BCUT2D eigenvalue weighted by molar-refractivity contribution is 5.68. The van der Waals surface area contributed by atoms with Gasteiger partial charge in [-0.05, 0) is 46.0 Å². The summed E-state index contributed by atoms with van der Waals surface area (Å²) in [5, 5.41) is 2.90. The van der Waals surface area contributed by atoms with Crippen LogP contribution in [0.1, 0.15) is 47.0 Å². The van der Waals surface area contributed by atoms with Crippen LogP contribution in [0.4, 0.5) is 4.79 Å². The average molecular weight is 199 g/mol. The predicted octanol–water partition coefficient (Wildman–Crippen LogP) is 2.70. The summed E-state index contributed by atoms with van der Waals surface area (Å²) in [4.78, 5) is 11.4. The normalized spacial score (nSPS) is 27.4. The van der Waals surface area contributed by atoms with Crippen molar-refractivity contribution in [1.29, 1.82) is 0 Å². The topological polar surface area (TPSA) is 38.3 Å². The number of rotatable bonds is 1. The van der Waals surface area contributed by atoms with E-state index < -0.39 is 5.60 Å². The summed E-state index contributed by atoms with van der Waals surface area (Å²) in [6.45, 7) is 7.86. The summed E-state index contributed by atoms with van der Waals surface area (Å²) < 4.78 is 5.18. The van der Waals surface area contributed by atoms with Crippen molar-refractivity contribution in [3.63, 3.8) is 0 Å². The number of hydrogen-bond donors (Lipinski definition) is 1. The van der Waals surface area contributed by atoms with E-state index >= 15 is 0 Å². The molecule has 1 fully saturated rings. The predicted molar refractivity (Wildman–Crippen MR) is 56.2 cm³/mol. The summed E-state index contributed by atoms with van der Waals surface area (Å²) in [5.41, 5.74) is -0.395. The molecule has 1 aliphatic carbocycles. The molecular weight excluding hydrogens is 178 g/mol. The fraction of sp³-hybridized carbons (Fsp3) is 0.909. The molecule has 0 aromatic carbocycles. The second kappa shape index (κ2) is 4.20. The van der Waals surface area contributed by atoms with Crippen LogP contribution in [-0.4, -0.2) is 17.7 Å². The Labute approximate surface area is 86.2 Å². The lowest BCUT2D eigenvalue weighted by Crippen LogP contribution is -2.37. The Morgan fingerprint density at radius 3 is 2.43 bits per heavy atom. The maximum atomic E-state index is 11.4. The highest BCUT2D eigenvalue weighted by Crippen LogP contribution is 2.24. The third-order valence-corrected chi connectivity index (χ3v) is 2.42. The van der Waals surface area contributed by atoms with Crippen molar-refractivity contribution in [3.8, 4) is 0 Å². The summed E-state index contributed by atoms with van der Waals surface area (Å²) in [5.74, 6) is 0.731. The van der Waals surface area contributed by atoms with Crippen LogP contribution in [0.3, 0.4) is 0 Å². The number of amides is 1. The maximum absolute atomic E-state index is 11.4. The molecule has 0 saturated heterocycles. The monoisotopic (exact) mass is 199 g/mol. The van der Waals surface area contributed by atoms with E-state index in [4.69, 9.17) is 4.74 Å². The highest BCUT2D eigenvalue weighted by Gasteiger charge is 2.24. The first kappa shape index (κ1) is 11.3. The second-order valence-electron chi connectivity index (χ2n) is 5.26. The molecule has 1 aliphatic rings. The fourth-order valence-corrected chi connectivity index (χ4v) is 1.81. The molecule has 82 valence electrons. The SMILES string of the molecule is C[C@H]1CC[C@H](NC(=O)OC(C)(C)C)C1.